The predicted molar refractivity (Wildman–Crippen MR) is 58.9 cm³/mol. The molecule has 1 rings (SSSR count). The number of carbonyl (C=O) groups is 1. The first-order valence-electron chi connectivity index (χ1n) is 4.27. The lowest BCUT2D eigenvalue weighted by atomic mass is 10.2. The van der Waals surface area contributed by atoms with Crippen LogP contribution in [0, 0.1) is 0 Å². The normalized spacial score (nSPS) is 9.47. The second kappa shape index (κ2) is 5.41. The van der Waals surface area contributed by atoms with Gasteiger partial charge in [-0.1, -0.05) is 24.2 Å². The van der Waals surface area contributed by atoms with Crippen molar-refractivity contribution in [1.82, 2.24) is 0 Å². The molecule has 0 N–H and O–H groups in total. The number of benzene rings is 1. The Hall–Kier alpha value is -1.48. The number of carbonyl (C=O) groups excluding carboxylic acids is 1. The summed E-state index contributed by atoms with van der Waals surface area (Å²) >= 11 is 5.57. The zero-order chi connectivity index (χ0) is 11.3. The molecule has 0 radical (unpaired) electrons. The maximum absolute atomic E-state index is 10.7. The third-order valence-corrected chi connectivity index (χ3v) is 1.84. The number of halogens is 1. The predicted octanol–water partition coefficient (Wildman–Crippen LogP) is 2.64. The fourth-order valence-electron chi connectivity index (χ4n) is 1.09. The van der Waals surface area contributed by atoms with Crippen molar-refractivity contribution in [3.8, 4) is 11.5 Å². The number of aldehydes is 1. The van der Waals surface area contributed by atoms with Crippen molar-refractivity contribution in [3.05, 3.63) is 35.4 Å². The van der Waals surface area contributed by atoms with Crippen LogP contribution in [-0.4, -0.2) is 20.0 Å². The molecule has 0 atom stereocenters. The molecule has 0 saturated carbocycles. The van der Waals surface area contributed by atoms with Crippen molar-refractivity contribution >= 4 is 17.9 Å². The van der Waals surface area contributed by atoms with Gasteiger partial charge in [0.15, 0.2) is 17.8 Å². The second-order valence-electron chi connectivity index (χ2n) is 2.80. The molecule has 0 aromatic heterocycles. The van der Waals surface area contributed by atoms with E-state index in [0.717, 1.165) is 0 Å². The van der Waals surface area contributed by atoms with Crippen LogP contribution in [0.15, 0.2) is 29.8 Å². The number of hydrogen-bond donors (Lipinski definition) is 0. The molecule has 4 heteroatoms. The highest BCUT2D eigenvalue weighted by Gasteiger charge is 2.09. The van der Waals surface area contributed by atoms with E-state index in [2.05, 4.69) is 6.58 Å². The molecule has 1 aromatic carbocycles. The number of rotatable bonds is 5. The van der Waals surface area contributed by atoms with Crippen molar-refractivity contribution in [2.24, 2.45) is 0 Å². The molecule has 0 saturated heterocycles. The fraction of sp³-hybridized carbons (Fsp3) is 0.182. The summed E-state index contributed by atoms with van der Waals surface area (Å²) in [7, 11) is 1.51. The van der Waals surface area contributed by atoms with Crippen LogP contribution in [0.25, 0.3) is 0 Å². The molecule has 3 nitrogen and oxygen atoms in total. The minimum Gasteiger partial charge on any atom is -0.493 e. The van der Waals surface area contributed by atoms with Crippen LogP contribution >= 0.6 is 11.6 Å². The average Bonchev–Trinajstić information content (AvgIpc) is 2.25. The summed E-state index contributed by atoms with van der Waals surface area (Å²) in [5.41, 5.74) is 0.423. The summed E-state index contributed by atoms with van der Waals surface area (Å²) in [6, 6.07) is 5.06. The van der Waals surface area contributed by atoms with Crippen molar-refractivity contribution in [2.75, 3.05) is 13.7 Å². The van der Waals surface area contributed by atoms with Gasteiger partial charge in [0.1, 0.15) is 6.61 Å². The maximum Gasteiger partial charge on any atom is 0.172 e. The molecule has 15 heavy (non-hydrogen) atoms. The smallest absolute Gasteiger partial charge is 0.172 e. The van der Waals surface area contributed by atoms with Gasteiger partial charge in [0.05, 0.1) is 12.7 Å². The van der Waals surface area contributed by atoms with E-state index in [1.165, 1.54) is 7.11 Å². The molecule has 0 aliphatic rings. The topological polar surface area (TPSA) is 35.5 Å². The lowest BCUT2D eigenvalue weighted by molar-refractivity contribution is 0.111. The van der Waals surface area contributed by atoms with Crippen molar-refractivity contribution in [3.63, 3.8) is 0 Å². The van der Waals surface area contributed by atoms with Gasteiger partial charge in [0.2, 0.25) is 0 Å². The lowest BCUT2D eigenvalue weighted by Crippen LogP contribution is -2.01. The Morgan fingerprint density at radius 3 is 2.87 bits per heavy atom. The van der Waals surface area contributed by atoms with Crippen molar-refractivity contribution < 1.29 is 14.3 Å². The minimum absolute atomic E-state index is 0.142. The monoisotopic (exact) mass is 226 g/mol. The molecule has 0 aliphatic heterocycles. The van der Waals surface area contributed by atoms with Gasteiger partial charge < -0.3 is 9.47 Å². The van der Waals surface area contributed by atoms with Crippen LogP contribution in [-0.2, 0) is 0 Å². The molecule has 80 valence electrons. The van der Waals surface area contributed by atoms with Gasteiger partial charge in [0.25, 0.3) is 0 Å². The largest absolute Gasteiger partial charge is 0.493 e. The third-order valence-electron chi connectivity index (χ3n) is 1.73. The molecule has 0 unspecified atom stereocenters. The Kier molecular flexibility index (Phi) is 4.18. The van der Waals surface area contributed by atoms with E-state index >= 15 is 0 Å². The van der Waals surface area contributed by atoms with E-state index < -0.39 is 0 Å². The van der Waals surface area contributed by atoms with Gasteiger partial charge in [-0.2, -0.15) is 0 Å². The Balaban J connectivity index is 2.99. The van der Waals surface area contributed by atoms with Crippen LogP contribution in [0.5, 0.6) is 11.5 Å². The standard InChI is InChI=1S/C11H11ClO3/c1-8(12)7-15-11-9(6-13)4-3-5-10(11)14-2/h3-6H,1,7H2,2H3. The summed E-state index contributed by atoms with van der Waals surface area (Å²) in [5, 5.41) is 0.359. The summed E-state index contributed by atoms with van der Waals surface area (Å²) in [6.07, 6.45) is 0.703. The first-order chi connectivity index (χ1) is 7.19. The first kappa shape index (κ1) is 11.6. The average molecular weight is 227 g/mol. The summed E-state index contributed by atoms with van der Waals surface area (Å²) < 4.78 is 10.4. The van der Waals surface area contributed by atoms with Gasteiger partial charge >= 0.3 is 0 Å². The Labute approximate surface area is 93.3 Å². The van der Waals surface area contributed by atoms with Crippen molar-refractivity contribution in [1.29, 1.82) is 0 Å². The summed E-state index contributed by atoms with van der Waals surface area (Å²) in [5.74, 6) is 0.884. The second-order valence-corrected chi connectivity index (χ2v) is 3.34. The lowest BCUT2D eigenvalue weighted by Gasteiger charge is -2.11. The molecular formula is C11H11ClO3. The number of hydrogen-bond acceptors (Lipinski definition) is 3. The Bertz CT molecular complexity index is 374. The van der Waals surface area contributed by atoms with Gasteiger partial charge in [0, 0.05) is 5.03 Å². The zero-order valence-corrected chi connectivity index (χ0v) is 9.08. The van der Waals surface area contributed by atoms with E-state index in [1.807, 2.05) is 0 Å². The molecule has 0 spiro atoms. The van der Waals surface area contributed by atoms with E-state index in [0.29, 0.717) is 28.4 Å². The maximum atomic E-state index is 10.7. The Morgan fingerprint density at radius 2 is 2.33 bits per heavy atom. The molecule has 0 amide bonds. The van der Waals surface area contributed by atoms with Gasteiger partial charge in [-0.25, -0.2) is 0 Å². The van der Waals surface area contributed by atoms with Gasteiger partial charge in [-0.05, 0) is 12.1 Å². The van der Waals surface area contributed by atoms with Crippen LogP contribution in [0.4, 0.5) is 0 Å². The molecular weight excluding hydrogens is 216 g/mol. The highest BCUT2D eigenvalue weighted by Crippen LogP contribution is 2.30. The highest BCUT2D eigenvalue weighted by atomic mass is 35.5. The van der Waals surface area contributed by atoms with Gasteiger partial charge in [-0.15, -0.1) is 0 Å². The third kappa shape index (κ3) is 2.99. The summed E-state index contributed by atoms with van der Waals surface area (Å²) in [4.78, 5) is 10.7. The van der Waals surface area contributed by atoms with Crippen LogP contribution in [0.2, 0.25) is 0 Å². The number of ether oxygens (including phenoxy) is 2. The van der Waals surface area contributed by atoms with Crippen LogP contribution in [0.1, 0.15) is 10.4 Å². The van der Waals surface area contributed by atoms with E-state index in [-0.39, 0.29) is 6.61 Å². The van der Waals surface area contributed by atoms with Crippen LogP contribution in [0.3, 0.4) is 0 Å². The fourth-order valence-corrected chi connectivity index (χ4v) is 1.15. The molecule has 0 fully saturated rings. The quantitative estimate of drug-likeness (QED) is 0.724. The number of para-hydroxylation sites is 1. The zero-order valence-electron chi connectivity index (χ0n) is 8.33. The summed E-state index contributed by atoms with van der Waals surface area (Å²) in [6.45, 7) is 3.63. The van der Waals surface area contributed by atoms with Crippen molar-refractivity contribution in [2.45, 2.75) is 0 Å². The minimum atomic E-state index is 0.142. The number of methoxy groups -OCH3 is 1. The van der Waals surface area contributed by atoms with E-state index in [4.69, 9.17) is 21.1 Å². The molecule has 1 aromatic rings. The molecule has 0 bridgehead atoms. The molecule has 0 aliphatic carbocycles. The highest BCUT2D eigenvalue weighted by molar-refractivity contribution is 6.29. The van der Waals surface area contributed by atoms with E-state index in [1.54, 1.807) is 18.2 Å². The first-order valence-corrected chi connectivity index (χ1v) is 4.65. The van der Waals surface area contributed by atoms with E-state index in [9.17, 15) is 4.79 Å². The Morgan fingerprint density at radius 1 is 1.60 bits per heavy atom. The van der Waals surface area contributed by atoms with Crippen LogP contribution < -0.4 is 9.47 Å². The molecule has 0 heterocycles. The van der Waals surface area contributed by atoms with Gasteiger partial charge in [-0.3, -0.25) is 4.79 Å². The SMILES string of the molecule is C=C(Cl)COc1c(C=O)cccc1OC.